The number of hydrogen-bond donors (Lipinski definition) is 1. The molecule has 0 spiro atoms. The maximum atomic E-state index is 11.8. The fourth-order valence-corrected chi connectivity index (χ4v) is 3.76. The largest absolute Gasteiger partial charge is 0.487 e. The van der Waals surface area contributed by atoms with E-state index < -0.39 is 9.84 Å². The second kappa shape index (κ2) is 7.70. The molecule has 1 aliphatic rings. The van der Waals surface area contributed by atoms with Crippen LogP contribution >= 0.6 is 0 Å². The molecule has 1 aliphatic heterocycles. The van der Waals surface area contributed by atoms with Gasteiger partial charge in [0.05, 0.1) is 18.0 Å². The van der Waals surface area contributed by atoms with Gasteiger partial charge in [0.15, 0.2) is 9.84 Å². The molecule has 0 bridgehead atoms. The highest BCUT2D eigenvalue weighted by atomic mass is 32.2. The van der Waals surface area contributed by atoms with E-state index in [9.17, 15) is 13.2 Å². The lowest BCUT2D eigenvalue weighted by atomic mass is 10.0. The number of likely N-dealkylation sites (N-methyl/N-ethyl adjacent to an activating group) is 1. The predicted molar refractivity (Wildman–Crippen MR) is 105 cm³/mol. The van der Waals surface area contributed by atoms with Gasteiger partial charge in [-0.25, -0.2) is 8.42 Å². The first kappa shape index (κ1) is 19.4. The monoisotopic (exact) mass is 388 g/mol. The van der Waals surface area contributed by atoms with Gasteiger partial charge < -0.3 is 15.0 Å². The topological polar surface area (TPSA) is 75.7 Å². The Bertz CT molecular complexity index is 937. The number of benzene rings is 2. The summed E-state index contributed by atoms with van der Waals surface area (Å²) in [5.41, 5.74) is 2.91. The molecule has 1 heterocycles. The van der Waals surface area contributed by atoms with Crippen LogP contribution in [-0.4, -0.2) is 58.8 Å². The number of amides is 1. The van der Waals surface area contributed by atoms with Gasteiger partial charge in [-0.15, -0.1) is 0 Å². The van der Waals surface area contributed by atoms with E-state index in [-0.39, 0.29) is 12.0 Å². The van der Waals surface area contributed by atoms with E-state index in [0.717, 1.165) is 28.9 Å². The summed E-state index contributed by atoms with van der Waals surface area (Å²) in [5, 5.41) is 2.90. The lowest BCUT2D eigenvalue weighted by molar-refractivity contribution is -0.122. The van der Waals surface area contributed by atoms with E-state index in [1.165, 1.54) is 6.26 Å². The minimum atomic E-state index is -3.22. The first-order valence-corrected chi connectivity index (χ1v) is 10.6. The molecule has 0 fully saturated rings. The molecule has 1 N–H and O–H groups in total. The van der Waals surface area contributed by atoms with E-state index in [4.69, 9.17) is 4.74 Å². The molecule has 2 aromatic carbocycles. The van der Waals surface area contributed by atoms with Crippen molar-refractivity contribution in [2.45, 2.75) is 17.4 Å². The zero-order chi connectivity index (χ0) is 19.6. The van der Waals surface area contributed by atoms with E-state index in [2.05, 4.69) is 5.32 Å². The molecule has 27 heavy (non-hydrogen) atoms. The number of ether oxygens (including phenoxy) is 1. The normalized spacial score (nSPS) is 16.1. The van der Waals surface area contributed by atoms with Crippen molar-refractivity contribution in [1.29, 1.82) is 0 Å². The third kappa shape index (κ3) is 4.67. The van der Waals surface area contributed by atoms with E-state index in [1.807, 2.05) is 37.2 Å². The van der Waals surface area contributed by atoms with E-state index in [1.54, 1.807) is 24.3 Å². The van der Waals surface area contributed by atoms with Gasteiger partial charge in [-0.05, 0) is 37.4 Å². The lowest BCUT2D eigenvalue weighted by Gasteiger charge is -2.15. The minimum Gasteiger partial charge on any atom is -0.487 e. The number of carbonyl (C=O) groups excluding carboxylic acids is 1. The number of nitrogens with zero attached hydrogens (tertiary/aromatic N) is 1. The smallest absolute Gasteiger partial charge is 0.234 e. The molecule has 0 saturated carbocycles. The molecule has 2 aromatic rings. The van der Waals surface area contributed by atoms with Crippen molar-refractivity contribution in [3.05, 3.63) is 48.0 Å². The van der Waals surface area contributed by atoms with Gasteiger partial charge in [-0.2, -0.15) is 0 Å². The Balaban J connectivity index is 1.74. The van der Waals surface area contributed by atoms with Gasteiger partial charge in [0.1, 0.15) is 11.9 Å². The average Bonchev–Trinajstić information content (AvgIpc) is 3.02. The average molecular weight is 388 g/mol. The van der Waals surface area contributed by atoms with Crippen molar-refractivity contribution in [3.8, 4) is 16.9 Å². The molecule has 0 radical (unpaired) electrons. The first-order chi connectivity index (χ1) is 12.7. The van der Waals surface area contributed by atoms with Crippen LogP contribution in [0.5, 0.6) is 5.75 Å². The molecule has 0 aliphatic carbocycles. The Morgan fingerprint density at radius 2 is 1.89 bits per heavy atom. The molecule has 3 rings (SSSR count). The Hall–Kier alpha value is -2.38. The number of hydrogen-bond acceptors (Lipinski definition) is 5. The van der Waals surface area contributed by atoms with Crippen LogP contribution in [0.2, 0.25) is 0 Å². The zero-order valence-electron chi connectivity index (χ0n) is 15.7. The third-order valence-electron chi connectivity index (χ3n) is 4.41. The summed E-state index contributed by atoms with van der Waals surface area (Å²) in [6, 6.07) is 12.8. The maximum Gasteiger partial charge on any atom is 0.234 e. The first-order valence-electron chi connectivity index (χ1n) is 8.74. The fraction of sp³-hybridized carbons (Fsp3) is 0.350. The summed E-state index contributed by atoms with van der Waals surface area (Å²) in [5.74, 6) is 0.771. The molecule has 0 saturated heterocycles. The Kier molecular flexibility index (Phi) is 5.53. The molecular formula is C20H24N2O4S. The number of para-hydroxylation sites is 1. The highest BCUT2D eigenvalue weighted by Crippen LogP contribution is 2.38. The number of carbonyl (C=O) groups is 1. The second-order valence-electron chi connectivity index (χ2n) is 7.08. The van der Waals surface area contributed by atoms with Crippen molar-refractivity contribution in [3.63, 3.8) is 0 Å². The van der Waals surface area contributed by atoms with Crippen molar-refractivity contribution in [2.75, 3.05) is 33.4 Å². The van der Waals surface area contributed by atoms with Crippen LogP contribution in [0.15, 0.2) is 47.4 Å². The van der Waals surface area contributed by atoms with Crippen LogP contribution in [0, 0.1) is 0 Å². The number of fused-ring (bicyclic) bond motifs is 1. The molecule has 1 amide bonds. The zero-order valence-corrected chi connectivity index (χ0v) is 16.5. The standard InChI is InChI=1S/C20H24N2O4S/c1-22(2)13-19(23)21-12-16-11-15-5-4-6-18(20(15)26-16)14-7-9-17(10-8-14)27(3,24)25/h4-10,16H,11-13H2,1-3H3,(H,21,23). The molecular weight excluding hydrogens is 364 g/mol. The molecule has 1 atom stereocenters. The minimum absolute atomic E-state index is 0.0313. The summed E-state index contributed by atoms with van der Waals surface area (Å²) < 4.78 is 29.4. The summed E-state index contributed by atoms with van der Waals surface area (Å²) in [4.78, 5) is 13.9. The van der Waals surface area contributed by atoms with Crippen LogP contribution < -0.4 is 10.1 Å². The highest BCUT2D eigenvalue weighted by molar-refractivity contribution is 7.90. The summed E-state index contributed by atoms with van der Waals surface area (Å²) in [6.07, 6.45) is 1.82. The van der Waals surface area contributed by atoms with Gasteiger partial charge >= 0.3 is 0 Å². The quantitative estimate of drug-likeness (QED) is 0.816. The van der Waals surface area contributed by atoms with Gasteiger partial charge in [0.2, 0.25) is 5.91 Å². The number of sulfone groups is 1. The van der Waals surface area contributed by atoms with Gasteiger partial charge in [0.25, 0.3) is 0 Å². The van der Waals surface area contributed by atoms with E-state index in [0.29, 0.717) is 18.0 Å². The van der Waals surface area contributed by atoms with Crippen LogP contribution in [-0.2, 0) is 21.1 Å². The summed E-state index contributed by atoms with van der Waals surface area (Å²) in [6.45, 7) is 0.797. The fourth-order valence-electron chi connectivity index (χ4n) is 3.13. The molecule has 144 valence electrons. The Morgan fingerprint density at radius 1 is 1.19 bits per heavy atom. The Morgan fingerprint density at radius 3 is 2.52 bits per heavy atom. The molecule has 0 aromatic heterocycles. The van der Waals surface area contributed by atoms with Gasteiger partial charge in [-0.1, -0.05) is 30.3 Å². The summed E-state index contributed by atoms with van der Waals surface area (Å²) >= 11 is 0. The summed E-state index contributed by atoms with van der Waals surface area (Å²) in [7, 11) is 0.479. The van der Waals surface area contributed by atoms with Crippen molar-refractivity contribution < 1.29 is 17.9 Å². The SMILES string of the molecule is CN(C)CC(=O)NCC1Cc2cccc(-c3ccc(S(C)(=O)=O)cc3)c2O1. The number of nitrogens with one attached hydrogen (secondary N) is 1. The van der Waals surface area contributed by atoms with Crippen LogP contribution in [0.3, 0.4) is 0 Å². The van der Waals surface area contributed by atoms with Crippen molar-refractivity contribution in [1.82, 2.24) is 10.2 Å². The second-order valence-corrected chi connectivity index (χ2v) is 9.09. The molecule has 7 heteroatoms. The van der Waals surface area contributed by atoms with Gasteiger partial charge in [-0.3, -0.25) is 4.79 Å². The highest BCUT2D eigenvalue weighted by Gasteiger charge is 2.26. The maximum absolute atomic E-state index is 11.8. The predicted octanol–water partition coefficient (Wildman–Crippen LogP) is 1.74. The van der Waals surface area contributed by atoms with E-state index >= 15 is 0 Å². The van der Waals surface area contributed by atoms with Crippen LogP contribution in [0.25, 0.3) is 11.1 Å². The number of rotatable bonds is 6. The van der Waals surface area contributed by atoms with Crippen molar-refractivity contribution >= 4 is 15.7 Å². The van der Waals surface area contributed by atoms with Crippen LogP contribution in [0.4, 0.5) is 0 Å². The Labute approximate surface area is 160 Å². The van der Waals surface area contributed by atoms with Crippen molar-refractivity contribution in [2.24, 2.45) is 0 Å². The molecule has 6 nitrogen and oxygen atoms in total. The van der Waals surface area contributed by atoms with Crippen LogP contribution in [0.1, 0.15) is 5.56 Å². The molecule has 1 unspecified atom stereocenters. The lowest BCUT2D eigenvalue weighted by Crippen LogP contribution is -2.39. The third-order valence-corrected chi connectivity index (χ3v) is 5.54. The van der Waals surface area contributed by atoms with Gasteiger partial charge in [0, 0.05) is 18.2 Å².